The van der Waals surface area contributed by atoms with E-state index in [0.717, 1.165) is 0 Å². The summed E-state index contributed by atoms with van der Waals surface area (Å²) in [6.07, 6.45) is 4.37. The average molecular weight is 653 g/mol. The number of amides is 1. The highest BCUT2D eigenvalue weighted by Crippen LogP contribution is 2.29. The van der Waals surface area contributed by atoms with Gasteiger partial charge in [0.05, 0.1) is 11.6 Å². The molecule has 0 aliphatic heterocycles. The van der Waals surface area contributed by atoms with Crippen LogP contribution < -0.4 is 15.4 Å². The van der Waals surface area contributed by atoms with E-state index >= 15 is 0 Å². The van der Waals surface area contributed by atoms with Crippen molar-refractivity contribution in [3.05, 3.63) is 143 Å². The molecular formula is C36H24N6O7. The quantitative estimate of drug-likeness (QED) is 0.0733. The van der Waals surface area contributed by atoms with Crippen LogP contribution in [0.3, 0.4) is 0 Å². The van der Waals surface area contributed by atoms with E-state index in [9.17, 15) is 20.0 Å². The fourth-order valence-corrected chi connectivity index (χ4v) is 4.76. The average Bonchev–Trinajstić information content (AvgIpc) is 3.81. The third kappa shape index (κ3) is 7.10. The molecule has 0 fully saturated rings. The first-order valence-electron chi connectivity index (χ1n) is 14.8. The van der Waals surface area contributed by atoms with E-state index in [0.29, 0.717) is 51.0 Å². The molecule has 13 heteroatoms. The third-order valence-corrected chi connectivity index (χ3v) is 7.11. The molecule has 4 aromatic carbocycles. The largest absolute Gasteiger partial charge is 0.508 e. The maximum absolute atomic E-state index is 13.2. The Morgan fingerprint density at radius 1 is 0.837 bits per heavy atom. The number of aromatic hydroxyl groups is 1. The monoisotopic (exact) mass is 652 g/mol. The number of ether oxygens (including phenoxy) is 1. The van der Waals surface area contributed by atoms with Gasteiger partial charge in [-0.05, 0) is 97.1 Å². The normalized spacial score (nSPS) is 11.1. The third-order valence-electron chi connectivity index (χ3n) is 7.11. The highest BCUT2D eigenvalue weighted by atomic mass is 16.6. The molecule has 49 heavy (non-hydrogen) atoms. The number of nitro groups is 1. The fourth-order valence-electron chi connectivity index (χ4n) is 4.76. The number of fused-ring (bicyclic) bond motifs is 1. The number of oxazole rings is 1. The number of carbonyl (C=O) groups excluding carboxylic acids is 1. The number of furan rings is 1. The van der Waals surface area contributed by atoms with Crippen molar-refractivity contribution in [3.8, 4) is 28.7 Å². The lowest BCUT2D eigenvalue weighted by molar-refractivity contribution is -0.402. The number of anilines is 3. The predicted molar refractivity (Wildman–Crippen MR) is 182 cm³/mol. The summed E-state index contributed by atoms with van der Waals surface area (Å²) in [7, 11) is 0. The zero-order valence-electron chi connectivity index (χ0n) is 25.3. The summed E-state index contributed by atoms with van der Waals surface area (Å²) < 4.78 is 16.6. The Morgan fingerprint density at radius 2 is 1.59 bits per heavy atom. The number of nitrogens with zero attached hydrogens (tertiary/aromatic N) is 4. The SMILES string of the molecule is O=C(Nc1ccc2nc(C=Cc3ccc([N+](=O)[O-])o3)nc(Nc3ccc(O)cc3)c2c1)c1coc(-c2ccc(Oc3ccccc3)cc2)n1. The summed E-state index contributed by atoms with van der Waals surface area (Å²) in [6, 6.07) is 30.8. The number of phenolic OH excluding ortho intramolecular Hbond substituents is 1. The second-order valence-electron chi connectivity index (χ2n) is 10.5. The van der Waals surface area contributed by atoms with E-state index in [4.69, 9.17) is 13.6 Å². The number of nitrogens with one attached hydrogen (secondary N) is 2. The van der Waals surface area contributed by atoms with Crippen LogP contribution in [0.4, 0.5) is 23.1 Å². The van der Waals surface area contributed by atoms with Gasteiger partial charge in [0.25, 0.3) is 5.91 Å². The number of phenols is 1. The Labute approximate surface area is 277 Å². The number of carbonyl (C=O) groups is 1. The summed E-state index contributed by atoms with van der Waals surface area (Å²) in [6.45, 7) is 0. The summed E-state index contributed by atoms with van der Waals surface area (Å²) in [5.41, 5.74) is 2.38. The number of rotatable bonds is 10. The van der Waals surface area contributed by atoms with E-state index in [1.54, 1.807) is 60.7 Å². The van der Waals surface area contributed by atoms with E-state index in [-0.39, 0.29) is 29.0 Å². The Morgan fingerprint density at radius 3 is 2.35 bits per heavy atom. The van der Waals surface area contributed by atoms with Gasteiger partial charge in [0.15, 0.2) is 11.5 Å². The van der Waals surface area contributed by atoms with Crippen molar-refractivity contribution in [2.24, 2.45) is 0 Å². The van der Waals surface area contributed by atoms with Crippen LogP contribution in [0.1, 0.15) is 22.1 Å². The molecule has 240 valence electrons. The molecule has 7 aromatic rings. The summed E-state index contributed by atoms with van der Waals surface area (Å²) in [4.78, 5) is 37.1. The molecular weight excluding hydrogens is 628 g/mol. The summed E-state index contributed by atoms with van der Waals surface area (Å²) >= 11 is 0. The summed E-state index contributed by atoms with van der Waals surface area (Å²) in [5.74, 6) is 1.81. The minimum Gasteiger partial charge on any atom is -0.508 e. The number of hydrogen-bond acceptors (Lipinski definition) is 11. The minimum atomic E-state index is -0.622. The first kappa shape index (κ1) is 30.4. The molecule has 3 aromatic heterocycles. The molecule has 0 bridgehead atoms. The first-order chi connectivity index (χ1) is 23.9. The van der Waals surface area contributed by atoms with Gasteiger partial charge in [-0.1, -0.05) is 18.2 Å². The number of benzene rings is 4. The molecule has 0 saturated carbocycles. The van der Waals surface area contributed by atoms with Gasteiger partial charge in [-0.2, -0.15) is 0 Å². The van der Waals surface area contributed by atoms with E-state index in [2.05, 4.69) is 25.6 Å². The molecule has 3 N–H and O–H groups in total. The van der Waals surface area contributed by atoms with Crippen molar-refractivity contribution in [2.45, 2.75) is 0 Å². The van der Waals surface area contributed by atoms with Gasteiger partial charge < -0.3 is 29.3 Å². The van der Waals surface area contributed by atoms with Gasteiger partial charge in [0.2, 0.25) is 5.89 Å². The fraction of sp³-hybridized carbons (Fsp3) is 0. The van der Waals surface area contributed by atoms with Crippen LogP contribution in [0, 0.1) is 10.1 Å². The van der Waals surface area contributed by atoms with Crippen molar-refractivity contribution in [2.75, 3.05) is 10.6 Å². The van der Waals surface area contributed by atoms with Crippen LogP contribution in [0.2, 0.25) is 0 Å². The summed E-state index contributed by atoms with van der Waals surface area (Å²) in [5, 5.41) is 27.3. The van der Waals surface area contributed by atoms with Gasteiger partial charge in [-0.3, -0.25) is 14.9 Å². The second kappa shape index (κ2) is 13.2. The van der Waals surface area contributed by atoms with Crippen molar-refractivity contribution in [3.63, 3.8) is 0 Å². The van der Waals surface area contributed by atoms with Crippen LogP contribution in [0.5, 0.6) is 17.2 Å². The maximum Gasteiger partial charge on any atom is 0.433 e. The van der Waals surface area contributed by atoms with Crippen molar-refractivity contribution in [1.29, 1.82) is 0 Å². The van der Waals surface area contributed by atoms with Gasteiger partial charge in [-0.25, -0.2) is 15.0 Å². The topological polar surface area (TPSA) is 179 Å². The van der Waals surface area contributed by atoms with E-state index in [1.165, 1.54) is 36.6 Å². The molecule has 0 atom stereocenters. The lowest BCUT2D eigenvalue weighted by Crippen LogP contribution is -2.12. The van der Waals surface area contributed by atoms with Crippen LogP contribution in [-0.2, 0) is 0 Å². The Balaban J connectivity index is 1.11. The Kier molecular flexibility index (Phi) is 8.19. The smallest absolute Gasteiger partial charge is 0.433 e. The molecule has 13 nitrogen and oxygen atoms in total. The van der Waals surface area contributed by atoms with Gasteiger partial charge in [0, 0.05) is 22.3 Å². The zero-order chi connectivity index (χ0) is 33.7. The first-order valence-corrected chi connectivity index (χ1v) is 14.8. The predicted octanol–water partition coefficient (Wildman–Crippen LogP) is 8.45. The van der Waals surface area contributed by atoms with Crippen molar-refractivity contribution >= 4 is 52.0 Å². The van der Waals surface area contributed by atoms with Gasteiger partial charge in [-0.15, -0.1) is 0 Å². The molecule has 7 rings (SSSR count). The molecule has 0 aliphatic carbocycles. The van der Waals surface area contributed by atoms with Gasteiger partial charge in [0.1, 0.15) is 40.0 Å². The van der Waals surface area contributed by atoms with E-state index < -0.39 is 10.8 Å². The number of aromatic nitrogens is 3. The molecule has 1 amide bonds. The zero-order valence-corrected chi connectivity index (χ0v) is 25.3. The molecule has 0 radical (unpaired) electrons. The molecule has 0 saturated heterocycles. The molecule has 3 heterocycles. The molecule has 0 unspecified atom stereocenters. The number of hydrogen-bond donors (Lipinski definition) is 3. The lowest BCUT2D eigenvalue weighted by atomic mass is 10.2. The van der Waals surface area contributed by atoms with Crippen molar-refractivity contribution < 1.29 is 28.4 Å². The van der Waals surface area contributed by atoms with Crippen LogP contribution in [0.15, 0.2) is 124 Å². The Hall–Kier alpha value is -7.28. The highest BCUT2D eigenvalue weighted by Gasteiger charge is 2.16. The number of para-hydroxylation sites is 1. The lowest BCUT2D eigenvalue weighted by Gasteiger charge is -2.12. The van der Waals surface area contributed by atoms with Crippen LogP contribution in [-0.4, -0.2) is 30.9 Å². The second-order valence-corrected chi connectivity index (χ2v) is 10.5. The molecule has 0 aliphatic rings. The highest BCUT2D eigenvalue weighted by molar-refractivity contribution is 6.04. The van der Waals surface area contributed by atoms with Gasteiger partial charge >= 0.3 is 5.88 Å². The molecule has 0 spiro atoms. The Bertz CT molecular complexity index is 2320. The standard InChI is InChI=1S/C36H24N6O7/c43-25-11-8-23(9-12-25)37-34-29-20-24(10-17-30(29)39-32(41-34)18-15-28-16-19-33(49-28)42(45)46)38-35(44)31-21-47-36(40-31)22-6-13-27(14-7-22)48-26-4-2-1-3-5-26/h1-21,43H,(H,38,44)(H,37,39,41). The van der Waals surface area contributed by atoms with Crippen molar-refractivity contribution in [1.82, 2.24) is 15.0 Å². The maximum atomic E-state index is 13.2. The van der Waals surface area contributed by atoms with Crippen LogP contribution >= 0.6 is 0 Å². The van der Waals surface area contributed by atoms with E-state index in [1.807, 2.05) is 30.3 Å². The van der Waals surface area contributed by atoms with Crippen LogP contribution in [0.25, 0.3) is 34.5 Å². The minimum absolute atomic E-state index is 0.0806.